The molecule has 0 aromatic rings. The monoisotopic (exact) mass is 238 g/mol. The van der Waals surface area contributed by atoms with Crippen molar-refractivity contribution in [1.82, 2.24) is 4.90 Å². The largest absolute Gasteiger partial charge is 0.355 e. The molecule has 0 saturated carbocycles. The summed E-state index contributed by atoms with van der Waals surface area (Å²) in [6.45, 7) is 14.5. The van der Waals surface area contributed by atoms with Crippen LogP contribution in [0.5, 0.6) is 0 Å². The summed E-state index contributed by atoms with van der Waals surface area (Å²) in [4.78, 5) is 18.5. The summed E-state index contributed by atoms with van der Waals surface area (Å²) in [5.74, 6) is 1.47. The average Bonchev–Trinajstić information content (AvgIpc) is 2.06. The lowest BCUT2D eigenvalue weighted by Crippen LogP contribution is -2.51. The van der Waals surface area contributed by atoms with Gasteiger partial charge in [0.05, 0.1) is 0 Å². The minimum Gasteiger partial charge on any atom is -0.355 e. The fourth-order valence-corrected chi connectivity index (χ4v) is 2.13. The molecule has 1 aliphatic rings. The van der Waals surface area contributed by atoms with Gasteiger partial charge in [0.1, 0.15) is 11.6 Å². The number of nitrogens with zero attached hydrogens (tertiary/aromatic N) is 2. The number of hydrogen-bond acceptors (Lipinski definition) is 3. The van der Waals surface area contributed by atoms with Crippen molar-refractivity contribution in [2.45, 2.75) is 59.9 Å². The minimum absolute atomic E-state index is 0.0176. The molecule has 0 fully saturated rings. The molecule has 0 radical (unpaired) electrons. The van der Waals surface area contributed by atoms with Gasteiger partial charge in [-0.25, -0.2) is 0 Å². The highest BCUT2D eigenvalue weighted by atomic mass is 16.1. The van der Waals surface area contributed by atoms with E-state index in [1.807, 2.05) is 0 Å². The van der Waals surface area contributed by atoms with Gasteiger partial charge in [0, 0.05) is 36.9 Å². The maximum absolute atomic E-state index is 11.6. The fraction of sp³-hybridized carbons (Fsp3) is 0.857. The van der Waals surface area contributed by atoms with Crippen LogP contribution in [-0.2, 0) is 4.79 Å². The normalized spacial score (nSPS) is 19.8. The molecular weight excluding hydrogens is 212 g/mol. The fourth-order valence-electron chi connectivity index (χ4n) is 2.13. The van der Waals surface area contributed by atoms with Gasteiger partial charge in [-0.1, -0.05) is 20.8 Å². The third kappa shape index (κ3) is 3.83. The number of carbonyl (C=O) groups excluding carboxylic acids is 1. The van der Waals surface area contributed by atoms with Gasteiger partial charge < -0.3 is 4.90 Å². The third-order valence-corrected chi connectivity index (χ3v) is 3.00. The minimum atomic E-state index is 0.0176. The smallest absolute Gasteiger partial charge is 0.136 e. The second-order valence-electron chi connectivity index (χ2n) is 6.82. The molecule has 0 atom stereocenters. The Labute approximate surface area is 105 Å². The highest BCUT2D eigenvalue weighted by Gasteiger charge is 2.32. The zero-order valence-electron chi connectivity index (χ0n) is 12.1. The molecular formula is C14H26N2O. The van der Waals surface area contributed by atoms with Gasteiger partial charge in [0.2, 0.25) is 0 Å². The summed E-state index contributed by atoms with van der Waals surface area (Å²) in [5.41, 5.74) is 0.0530. The van der Waals surface area contributed by atoms with Gasteiger partial charge in [-0.2, -0.15) is 0 Å². The lowest BCUT2D eigenvalue weighted by atomic mass is 9.90. The SMILES string of the molecule is CC(C)(C)C1=NCCC(=O)CCN1C(C)(C)C. The molecule has 1 heterocycles. The predicted octanol–water partition coefficient (Wildman–Crippen LogP) is 2.89. The lowest BCUT2D eigenvalue weighted by molar-refractivity contribution is -0.119. The van der Waals surface area contributed by atoms with E-state index < -0.39 is 0 Å². The number of ketones is 1. The van der Waals surface area contributed by atoms with Crippen molar-refractivity contribution in [3.63, 3.8) is 0 Å². The van der Waals surface area contributed by atoms with Crippen LogP contribution in [0, 0.1) is 5.41 Å². The summed E-state index contributed by atoms with van der Waals surface area (Å²) in [7, 11) is 0. The first-order chi connectivity index (χ1) is 7.62. The Kier molecular flexibility index (Phi) is 4.00. The van der Waals surface area contributed by atoms with Crippen LogP contribution in [-0.4, -0.2) is 35.1 Å². The summed E-state index contributed by atoms with van der Waals surface area (Å²) in [6.07, 6.45) is 1.24. The topological polar surface area (TPSA) is 32.7 Å². The van der Waals surface area contributed by atoms with E-state index in [2.05, 4.69) is 51.4 Å². The number of amidine groups is 1. The van der Waals surface area contributed by atoms with Crippen LogP contribution < -0.4 is 0 Å². The first-order valence-electron chi connectivity index (χ1n) is 6.46. The van der Waals surface area contributed by atoms with E-state index in [1.54, 1.807) is 0 Å². The van der Waals surface area contributed by atoms with E-state index in [9.17, 15) is 4.79 Å². The molecule has 98 valence electrons. The van der Waals surface area contributed by atoms with Crippen molar-refractivity contribution in [1.29, 1.82) is 0 Å². The van der Waals surface area contributed by atoms with E-state index in [0.717, 1.165) is 12.4 Å². The van der Waals surface area contributed by atoms with Crippen LogP contribution in [0.1, 0.15) is 54.4 Å². The quantitative estimate of drug-likeness (QED) is 0.650. The maximum atomic E-state index is 11.6. The van der Waals surface area contributed by atoms with Crippen molar-refractivity contribution in [3.05, 3.63) is 0 Å². The van der Waals surface area contributed by atoms with Gasteiger partial charge in [0.25, 0.3) is 0 Å². The van der Waals surface area contributed by atoms with Crippen LogP contribution in [0.25, 0.3) is 0 Å². The van der Waals surface area contributed by atoms with E-state index in [4.69, 9.17) is 0 Å². The van der Waals surface area contributed by atoms with Gasteiger partial charge >= 0.3 is 0 Å². The highest BCUT2D eigenvalue weighted by Crippen LogP contribution is 2.26. The van der Waals surface area contributed by atoms with E-state index >= 15 is 0 Å². The van der Waals surface area contributed by atoms with Crippen molar-refractivity contribution in [2.24, 2.45) is 10.4 Å². The predicted molar refractivity (Wildman–Crippen MR) is 72.5 cm³/mol. The molecule has 0 N–H and O–H groups in total. The van der Waals surface area contributed by atoms with Crippen LogP contribution in [0.15, 0.2) is 4.99 Å². The molecule has 1 rings (SSSR count). The Bertz CT molecular complexity index is 318. The number of Topliss-reactive ketones (excluding diaryl/α,β-unsaturated/α-hetero) is 1. The molecule has 0 aromatic carbocycles. The number of rotatable bonds is 0. The zero-order chi connectivity index (χ0) is 13.3. The van der Waals surface area contributed by atoms with Crippen LogP contribution in [0.4, 0.5) is 0 Å². The average molecular weight is 238 g/mol. The van der Waals surface area contributed by atoms with E-state index in [1.165, 1.54) is 0 Å². The number of carbonyl (C=O) groups is 1. The van der Waals surface area contributed by atoms with Crippen LogP contribution in [0.2, 0.25) is 0 Å². The first kappa shape index (κ1) is 14.2. The second kappa shape index (κ2) is 4.79. The summed E-state index contributed by atoms with van der Waals surface area (Å²) < 4.78 is 0. The molecule has 1 aliphatic heterocycles. The molecule has 17 heavy (non-hydrogen) atoms. The zero-order valence-corrected chi connectivity index (χ0v) is 12.1. The van der Waals surface area contributed by atoms with Gasteiger partial charge in [-0.05, 0) is 20.8 Å². The Morgan fingerprint density at radius 1 is 1.06 bits per heavy atom. The van der Waals surface area contributed by atoms with Gasteiger partial charge in [0.15, 0.2) is 0 Å². The molecule has 3 nitrogen and oxygen atoms in total. The Balaban J connectivity index is 3.08. The molecule has 0 amide bonds. The third-order valence-electron chi connectivity index (χ3n) is 3.00. The Hall–Kier alpha value is -0.860. The number of hydrogen-bond donors (Lipinski definition) is 0. The van der Waals surface area contributed by atoms with E-state index in [0.29, 0.717) is 25.2 Å². The Morgan fingerprint density at radius 3 is 2.12 bits per heavy atom. The van der Waals surface area contributed by atoms with Crippen molar-refractivity contribution in [3.8, 4) is 0 Å². The molecule has 0 aromatic heterocycles. The van der Waals surface area contributed by atoms with Gasteiger partial charge in [-0.15, -0.1) is 0 Å². The molecule has 3 heteroatoms. The molecule has 0 saturated heterocycles. The first-order valence-corrected chi connectivity index (χ1v) is 6.46. The van der Waals surface area contributed by atoms with Gasteiger partial charge in [-0.3, -0.25) is 9.79 Å². The van der Waals surface area contributed by atoms with Crippen molar-refractivity contribution >= 4 is 11.6 Å². The highest BCUT2D eigenvalue weighted by molar-refractivity contribution is 5.89. The molecule has 0 bridgehead atoms. The summed E-state index contributed by atoms with van der Waals surface area (Å²) in [5, 5.41) is 0. The number of aliphatic imine (C=N–C) groups is 1. The Morgan fingerprint density at radius 2 is 1.65 bits per heavy atom. The standard InChI is InChI=1S/C14H26N2O/c1-13(2,3)12-15-9-7-11(17)8-10-16(12)14(4,5)6/h7-10H2,1-6H3. The van der Waals surface area contributed by atoms with E-state index in [-0.39, 0.29) is 11.0 Å². The van der Waals surface area contributed by atoms with Crippen molar-refractivity contribution in [2.75, 3.05) is 13.1 Å². The van der Waals surface area contributed by atoms with Crippen molar-refractivity contribution < 1.29 is 4.79 Å². The lowest BCUT2D eigenvalue weighted by Gasteiger charge is -2.43. The summed E-state index contributed by atoms with van der Waals surface area (Å²) in [6, 6.07) is 0. The molecule has 0 spiro atoms. The molecule has 0 aliphatic carbocycles. The second-order valence-corrected chi connectivity index (χ2v) is 6.82. The maximum Gasteiger partial charge on any atom is 0.136 e. The van der Waals surface area contributed by atoms with Crippen LogP contribution >= 0.6 is 0 Å². The van der Waals surface area contributed by atoms with Crippen LogP contribution in [0.3, 0.4) is 0 Å². The molecule has 0 unspecified atom stereocenters. The summed E-state index contributed by atoms with van der Waals surface area (Å²) >= 11 is 0.